The van der Waals surface area contributed by atoms with Crippen LogP contribution in [-0.4, -0.2) is 34.9 Å². The van der Waals surface area contributed by atoms with Crippen molar-refractivity contribution >= 4 is 21.8 Å². The van der Waals surface area contributed by atoms with E-state index in [2.05, 4.69) is 15.3 Å². The topological polar surface area (TPSA) is 58.1 Å². The monoisotopic (exact) mass is 486 g/mol. The number of hydrogen-bond acceptors (Lipinski definition) is 4. The van der Waals surface area contributed by atoms with Gasteiger partial charge >= 0.3 is 10.2 Å². The molecule has 1 aromatic carbocycles. The first kappa shape index (κ1) is 24.1. The Morgan fingerprint density at radius 3 is 2.09 bits per heavy atom. The molecule has 0 spiro atoms. The minimum Gasteiger partial charge on any atom is -0.359 e. The van der Waals surface area contributed by atoms with Crippen LogP contribution in [0.25, 0.3) is 0 Å². The number of hydrogen-bond donors (Lipinski definition) is 1. The summed E-state index contributed by atoms with van der Waals surface area (Å²) >= 11 is 0. The number of carbonyl (C=O) groups excluding carboxylic acids is 1. The summed E-state index contributed by atoms with van der Waals surface area (Å²) in [4.78, 5) is 19.9. The predicted octanol–water partition coefficient (Wildman–Crippen LogP) is 6.01. The molecule has 1 N–H and O–H groups in total. The van der Waals surface area contributed by atoms with Gasteiger partial charge in [0.05, 0.1) is 0 Å². The van der Waals surface area contributed by atoms with Crippen LogP contribution >= 0.6 is 10.2 Å². The number of alkyl halides is 2. The molecule has 2 aromatic rings. The van der Waals surface area contributed by atoms with Crippen LogP contribution in [0, 0.1) is 0 Å². The van der Waals surface area contributed by atoms with Crippen molar-refractivity contribution in [3.05, 3.63) is 48.5 Å². The fourth-order valence-corrected chi connectivity index (χ4v) is 4.21. The normalized spacial score (nSPS) is 20.0. The summed E-state index contributed by atoms with van der Waals surface area (Å²) in [6.07, 6.45) is 3.26. The number of aromatic nitrogens is 2. The molecule has 1 aliphatic rings. The fraction of sp³-hybridized carbons (Fsp3) is 0.421. The van der Waals surface area contributed by atoms with Gasteiger partial charge in [0.15, 0.2) is 0 Å². The number of anilines is 1. The lowest BCUT2D eigenvalue weighted by atomic mass is 9.92. The highest BCUT2D eigenvalue weighted by atomic mass is 32.5. The smallest absolute Gasteiger partial charge is 0.310 e. The molecule has 0 aliphatic heterocycles. The largest absolute Gasteiger partial charge is 0.359 e. The van der Waals surface area contributed by atoms with Crippen molar-refractivity contribution < 1.29 is 33.0 Å². The van der Waals surface area contributed by atoms with Crippen LogP contribution in [0.15, 0.2) is 47.9 Å². The van der Waals surface area contributed by atoms with E-state index in [1.807, 2.05) is 0 Å². The Labute approximate surface area is 179 Å². The van der Waals surface area contributed by atoms with Gasteiger partial charge in [0.2, 0.25) is 11.8 Å². The van der Waals surface area contributed by atoms with Crippen molar-refractivity contribution in [1.29, 1.82) is 0 Å². The van der Waals surface area contributed by atoms with E-state index in [4.69, 9.17) is 0 Å². The first-order chi connectivity index (χ1) is 14.6. The van der Waals surface area contributed by atoms with E-state index in [0.717, 1.165) is 12.1 Å². The third-order valence-electron chi connectivity index (χ3n) is 5.28. The number of rotatable bonds is 6. The van der Waals surface area contributed by atoms with Crippen molar-refractivity contribution in [2.75, 3.05) is 11.9 Å². The van der Waals surface area contributed by atoms with E-state index in [1.54, 1.807) is 0 Å². The Morgan fingerprint density at radius 2 is 1.59 bits per heavy atom. The number of carbonyl (C=O) groups is 1. The van der Waals surface area contributed by atoms with Crippen LogP contribution in [0.5, 0.6) is 0 Å². The minimum absolute atomic E-state index is 0.0507. The molecule has 1 atom stereocenters. The zero-order valence-electron chi connectivity index (χ0n) is 16.8. The molecular weight excluding hydrogens is 465 g/mol. The van der Waals surface area contributed by atoms with Gasteiger partial charge in [0.1, 0.15) is 17.3 Å². The summed E-state index contributed by atoms with van der Waals surface area (Å²) < 4.78 is 91.8. The molecule has 1 heterocycles. The maximum Gasteiger partial charge on any atom is 0.310 e. The van der Waals surface area contributed by atoms with Crippen LogP contribution in [0.1, 0.15) is 37.3 Å². The Kier molecular flexibility index (Phi) is 5.64. The summed E-state index contributed by atoms with van der Waals surface area (Å²) in [5.74, 6) is -3.38. The van der Waals surface area contributed by atoms with Crippen LogP contribution in [0.4, 0.5) is 33.9 Å². The molecule has 5 nitrogen and oxygen atoms in total. The van der Waals surface area contributed by atoms with Crippen LogP contribution in [0.2, 0.25) is 0 Å². The molecule has 1 amide bonds. The van der Waals surface area contributed by atoms with Crippen molar-refractivity contribution in [3.63, 3.8) is 0 Å². The van der Waals surface area contributed by atoms with E-state index in [1.165, 1.54) is 30.7 Å². The van der Waals surface area contributed by atoms with Crippen LogP contribution < -0.4 is 10.2 Å². The van der Waals surface area contributed by atoms with E-state index in [9.17, 15) is 33.0 Å². The van der Waals surface area contributed by atoms with Crippen molar-refractivity contribution in [1.82, 2.24) is 15.3 Å². The standard InChI is InChI=1S/C19H21F7N4OS/c1-30(15-2-4-16(5-3-15)32(22,23,24,25)26)17(13-10-27-12-28-11-13)18(31)29-14-6-8-19(20,21)9-7-14/h2-5,10-12,14,17H,6-9H2,1H3,(H,29,31). The van der Waals surface area contributed by atoms with Gasteiger partial charge in [0, 0.05) is 49.6 Å². The highest BCUT2D eigenvalue weighted by Crippen LogP contribution is 3.02. The van der Waals surface area contributed by atoms with E-state index in [0.29, 0.717) is 0 Å². The summed E-state index contributed by atoms with van der Waals surface area (Å²) in [5, 5.41) is 2.69. The van der Waals surface area contributed by atoms with Gasteiger partial charge in [-0.2, -0.15) is 0 Å². The van der Waals surface area contributed by atoms with Crippen molar-refractivity contribution in [2.45, 2.75) is 48.6 Å². The van der Waals surface area contributed by atoms with Crippen LogP contribution in [0.3, 0.4) is 0 Å². The van der Waals surface area contributed by atoms with Crippen LogP contribution in [-0.2, 0) is 4.79 Å². The molecule has 1 unspecified atom stereocenters. The number of halogens is 7. The molecule has 0 radical (unpaired) electrons. The zero-order valence-corrected chi connectivity index (χ0v) is 17.6. The van der Waals surface area contributed by atoms with Gasteiger partial charge < -0.3 is 10.2 Å². The molecule has 32 heavy (non-hydrogen) atoms. The maximum absolute atomic E-state index is 13.4. The fourth-order valence-electron chi connectivity index (χ4n) is 3.55. The third-order valence-corrected chi connectivity index (χ3v) is 6.45. The number of nitrogens with zero attached hydrogens (tertiary/aromatic N) is 3. The van der Waals surface area contributed by atoms with Gasteiger partial charge in [-0.1, -0.05) is 19.4 Å². The average molecular weight is 486 g/mol. The number of nitrogens with one attached hydrogen (secondary N) is 1. The first-order valence-corrected chi connectivity index (χ1v) is 11.5. The molecule has 1 aliphatic carbocycles. The molecule has 0 saturated heterocycles. The first-order valence-electron chi connectivity index (χ1n) is 9.56. The second-order valence-electron chi connectivity index (χ2n) is 7.79. The van der Waals surface area contributed by atoms with Gasteiger partial charge in [-0.15, -0.1) is 0 Å². The lowest BCUT2D eigenvalue weighted by Crippen LogP contribution is -2.46. The van der Waals surface area contributed by atoms with Gasteiger partial charge in [0.25, 0.3) is 0 Å². The minimum atomic E-state index is -9.84. The second kappa shape index (κ2) is 7.49. The highest BCUT2D eigenvalue weighted by Gasteiger charge is 2.65. The molecule has 13 heteroatoms. The zero-order chi connectivity index (χ0) is 23.8. The van der Waals surface area contributed by atoms with E-state index < -0.39 is 39.0 Å². The predicted molar refractivity (Wildman–Crippen MR) is 106 cm³/mol. The van der Waals surface area contributed by atoms with Gasteiger partial charge in [-0.25, -0.2) is 18.7 Å². The summed E-state index contributed by atoms with van der Waals surface area (Å²) in [5.41, 5.74) is 0.334. The average Bonchev–Trinajstić information content (AvgIpc) is 2.69. The summed E-state index contributed by atoms with van der Waals surface area (Å²) in [6.45, 7) is 0. The maximum atomic E-state index is 13.4. The highest BCUT2D eigenvalue weighted by molar-refractivity contribution is 8.45. The Balaban J connectivity index is 1.85. The quantitative estimate of drug-likeness (QED) is 0.509. The molecule has 1 aromatic heterocycles. The SMILES string of the molecule is CN(c1ccc(S(F)(F)(F)(F)F)cc1)C(C(=O)NC1CCC(F)(F)CC1)c1cncnc1. The van der Waals surface area contributed by atoms with Crippen molar-refractivity contribution in [2.24, 2.45) is 0 Å². The van der Waals surface area contributed by atoms with Gasteiger partial charge in [-0.05, 0) is 37.1 Å². The summed E-state index contributed by atoms with van der Waals surface area (Å²) in [7, 11) is -8.45. The van der Waals surface area contributed by atoms with Gasteiger partial charge in [-0.3, -0.25) is 4.79 Å². The number of likely N-dealkylation sites (N-methyl/N-ethyl adjacent to an activating group) is 1. The molecule has 1 fully saturated rings. The Morgan fingerprint density at radius 1 is 1.06 bits per heavy atom. The molecule has 3 rings (SSSR count). The Hall–Kier alpha value is -2.57. The van der Waals surface area contributed by atoms with Crippen molar-refractivity contribution in [3.8, 4) is 0 Å². The second-order valence-corrected chi connectivity index (χ2v) is 10.2. The molecular formula is C19H21F7N4OS. The Bertz CT molecular complexity index is 962. The lowest BCUT2D eigenvalue weighted by Gasteiger charge is -2.40. The van der Waals surface area contributed by atoms with E-state index >= 15 is 0 Å². The lowest BCUT2D eigenvalue weighted by molar-refractivity contribution is -0.124. The van der Waals surface area contributed by atoms with E-state index in [-0.39, 0.29) is 49.1 Å². The number of amides is 1. The molecule has 0 bridgehead atoms. The molecule has 1 saturated carbocycles. The molecule has 178 valence electrons. The summed E-state index contributed by atoms with van der Waals surface area (Å²) in [6, 6.07) is 0.541. The number of benzene rings is 1. The third kappa shape index (κ3) is 5.81.